The molecule has 1 aromatic carbocycles. The van der Waals surface area contributed by atoms with E-state index in [4.69, 9.17) is 32.7 Å². The summed E-state index contributed by atoms with van der Waals surface area (Å²) in [6.07, 6.45) is 7.47. The number of fused-ring (bicyclic) bond motifs is 2. The largest absolute Gasteiger partial charge is 0.466 e. The zero-order chi connectivity index (χ0) is 33.2. The van der Waals surface area contributed by atoms with Crippen LogP contribution in [0.4, 0.5) is 0 Å². The minimum atomic E-state index is -1.02. The van der Waals surface area contributed by atoms with Gasteiger partial charge >= 0.3 is 11.9 Å². The topological polar surface area (TPSA) is 104 Å². The van der Waals surface area contributed by atoms with Crippen molar-refractivity contribution in [1.29, 1.82) is 0 Å². The van der Waals surface area contributed by atoms with Crippen LogP contribution in [-0.4, -0.2) is 103 Å². The molecule has 47 heavy (non-hydrogen) atoms. The van der Waals surface area contributed by atoms with E-state index < -0.39 is 17.9 Å². The van der Waals surface area contributed by atoms with Crippen molar-refractivity contribution >= 4 is 52.4 Å². The highest BCUT2D eigenvalue weighted by Gasteiger charge is 2.43. The van der Waals surface area contributed by atoms with E-state index in [-0.39, 0.29) is 33.5 Å². The Hall–Kier alpha value is -2.96. The number of allylic oxidation sites excluding steroid dienone is 1. The molecular weight excluding hydrogens is 661 g/mol. The summed E-state index contributed by atoms with van der Waals surface area (Å²) in [5, 5.41) is 6.64. The zero-order valence-corrected chi connectivity index (χ0v) is 29.3. The smallest absolute Gasteiger partial charge is 0.336 e. The van der Waals surface area contributed by atoms with Crippen LogP contribution in [0.2, 0.25) is 10.0 Å². The molecular formula is C34H41Cl2N5O5S. The van der Waals surface area contributed by atoms with E-state index in [9.17, 15) is 14.4 Å². The summed E-state index contributed by atoms with van der Waals surface area (Å²) in [6, 6.07) is 6.88. The Morgan fingerprint density at radius 3 is 2.11 bits per heavy atom. The van der Waals surface area contributed by atoms with Crippen LogP contribution in [0.15, 0.2) is 52.3 Å². The molecule has 0 aliphatic carbocycles. The fraction of sp³-hybridized carbons (Fsp3) is 0.529. The van der Waals surface area contributed by atoms with Crippen molar-refractivity contribution in [3.63, 3.8) is 0 Å². The number of piperidine rings is 1. The molecule has 13 heteroatoms. The van der Waals surface area contributed by atoms with Gasteiger partial charge in [0.1, 0.15) is 0 Å². The van der Waals surface area contributed by atoms with Gasteiger partial charge in [-0.15, -0.1) is 11.3 Å². The van der Waals surface area contributed by atoms with E-state index in [2.05, 4.69) is 27.1 Å². The Labute approximate surface area is 289 Å². The number of nitrogens with one attached hydrogen (secondary N) is 1. The van der Waals surface area contributed by atoms with Crippen molar-refractivity contribution < 1.29 is 23.9 Å². The molecule has 4 aliphatic rings. The minimum Gasteiger partial charge on any atom is -0.466 e. The second-order valence-corrected chi connectivity index (χ2v) is 14.4. The quantitative estimate of drug-likeness (QED) is 0.370. The number of methoxy groups -OCH3 is 2. The van der Waals surface area contributed by atoms with E-state index in [1.807, 2.05) is 10.3 Å². The van der Waals surface area contributed by atoms with Gasteiger partial charge in [0.2, 0.25) is 5.91 Å². The maximum Gasteiger partial charge on any atom is 0.336 e. The predicted octanol–water partition coefficient (Wildman–Crippen LogP) is 4.78. The Balaban J connectivity index is 1.29. The molecule has 1 N–H and O–H groups in total. The summed E-state index contributed by atoms with van der Waals surface area (Å²) >= 11 is 15.0. The predicted molar refractivity (Wildman–Crippen MR) is 181 cm³/mol. The maximum absolute atomic E-state index is 14.0. The zero-order valence-electron chi connectivity index (χ0n) is 27.0. The standard InChI is InChI=1S/C34H41Cl2N5O5S/c1-39-20-7-8-21(39)18-22(17-20)40-12-14-41(15-13-40)28(42)19-26-31(34(44)46-3)32(29-23(35)5-4-6-24(29)36)30(33(43)45-2)25(38-26)9-10-27-37-11-16-47-27/h4-6,11,16,20-22,32,38H,7-10,12-15,17-19H2,1-3H3. The number of ether oxygens (including phenoxy) is 2. The number of carbonyl (C=O) groups excluding carboxylic acids is 3. The van der Waals surface area contributed by atoms with Crippen LogP contribution >= 0.6 is 34.5 Å². The van der Waals surface area contributed by atoms with E-state index in [0.717, 1.165) is 18.1 Å². The number of amides is 1. The number of rotatable bonds is 9. The number of piperazine rings is 1. The number of benzene rings is 1. The number of hydrogen-bond acceptors (Lipinski definition) is 10. The number of aryl methyl sites for hydroxylation is 1. The molecule has 0 spiro atoms. The SMILES string of the molecule is COC(=O)C1=C(CCc2nccs2)NC(CC(=O)N2CCN(C3CC4CCC(C3)N4C)CC2)=C(C(=O)OC)C1c1c(Cl)cccc1Cl. The van der Waals surface area contributed by atoms with E-state index in [1.54, 1.807) is 24.4 Å². The third-order valence-corrected chi connectivity index (χ3v) is 11.8. The number of esters is 2. The molecule has 6 rings (SSSR count). The van der Waals surface area contributed by atoms with Crippen molar-refractivity contribution in [2.45, 2.75) is 69.0 Å². The molecule has 3 unspecified atom stereocenters. The lowest BCUT2D eigenvalue weighted by Gasteiger charge is -2.45. The van der Waals surface area contributed by atoms with Crippen LogP contribution in [0, 0.1) is 0 Å². The lowest BCUT2D eigenvalue weighted by atomic mass is 9.78. The molecule has 3 saturated heterocycles. The van der Waals surface area contributed by atoms with Gasteiger partial charge < -0.3 is 24.6 Å². The number of thiazole rings is 1. The highest BCUT2D eigenvalue weighted by molar-refractivity contribution is 7.09. The van der Waals surface area contributed by atoms with Crippen LogP contribution < -0.4 is 5.32 Å². The Morgan fingerprint density at radius 1 is 0.915 bits per heavy atom. The first-order valence-electron chi connectivity index (χ1n) is 16.2. The third-order valence-electron chi connectivity index (χ3n) is 10.3. The fourth-order valence-electron chi connectivity index (χ4n) is 7.81. The van der Waals surface area contributed by atoms with Crippen LogP contribution in [0.5, 0.6) is 0 Å². The van der Waals surface area contributed by atoms with Gasteiger partial charge in [0.15, 0.2) is 0 Å². The number of dihydropyridines is 1. The molecule has 2 bridgehead atoms. The second kappa shape index (κ2) is 14.7. The van der Waals surface area contributed by atoms with Crippen molar-refractivity contribution in [3.8, 4) is 0 Å². The van der Waals surface area contributed by atoms with Gasteiger partial charge in [0.25, 0.3) is 0 Å². The third kappa shape index (κ3) is 6.96. The Kier molecular flexibility index (Phi) is 10.6. The molecule has 3 atom stereocenters. The molecule has 5 heterocycles. The van der Waals surface area contributed by atoms with Gasteiger partial charge in [-0.2, -0.15) is 0 Å². The van der Waals surface area contributed by atoms with Crippen LogP contribution in [0.25, 0.3) is 0 Å². The number of nitrogens with zero attached hydrogens (tertiary/aromatic N) is 4. The van der Waals surface area contributed by atoms with Gasteiger partial charge in [-0.1, -0.05) is 29.3 Å². The average molecular weight is 703 g/mol. The molecule has 252 valence electrons. The van der Waals surface area contributed by atoms with Crippen molar-refractivity contribution in [3.05, 3.63) is 72.9 Å². The van der Waals surface area contributed by atoms with E-state index >= 15 is 0 Å². The highest BCUT2D eigenvalue weighted by Crippen LogP contribution is 2.46. The molecule has 0 radical (unpaired) electrons. The van der Waals surface area contributed by atoms with Gasteiger partial charge in [0.05, 0.1) is 42.7 Å². The lowest BCUT2D eigenvalue weighted by molar-refractivity contribution is -0.137. The summed E-state index contributed by atoms with van der Waals surface area (Å²) in [7, 11) is 4.81. The maximum atomic E-state index is 14.0. The minimum absolute atomic E-state index is 0.0867. The number of hydrogen-bond donors (Lipinski definition) is 1. The summed E-state index contributed by atoms with van der Waals surface area (Å²) in [5.74, 6) is -2.47. The summed E-state index contributed by atoms with van der Waals surface area (Å²) < 4.78 is 10.5. The van der Waals surface area contributed by atoms with Crippen LogP contribution in [0.1, 0.15) is 55.0 Å². The lowest BCUT2D eigenvalue weighted by Crippen LogP contribution is -2.56. The van der Waals surface area contributed by atoms with Crippen LogP contribution in [0.3, 0.4) is 0 Å². The van der Waals surface area contributed by atoms with Crippen LogP contribution in [-0.2, 0) is 30.3 Å². The van der Waals surface area contributed by atoms with Crippen molar-refractivity contribution in [1.82, 2.24) is 25.0 Å². The Bertz CT molecular complexity index is 1540. The summed E-state index contributed by atoms with van der Waals surface area (Å²) in [5.41, 5.74) is 1.55. The molecule has 1 aromatic heterocycles. The van der Waals surface area contributed by atoms with Gasteiger partial charge in [-0.25, -0.2) is 14.6 Å². The molecule has 10 nitrogen and oxygen atoms in total. The molecule has 4 aliphatic heterocycles. The highest BCUT2D eigenvalue weighted by atomic mass is 35.5. The number of halogens is 2. The van der Waals surface area contributed by atoms with Crippen molar-refractivity contribution in [2.75, 3.05) is 47.4 Å². The first-order valence-corrected chi connectivity index (χ1v) is 17.8. The second-order valence-electron chi connectivity index (χ2n) is 12.7. The van der Waals surface area contributed by atoms with E-state index in [1.165, 1.54) is 51.2 Å². The first kappa shape index (κ1) is 33.9. The molecule has 0 saturated carbocycles. The number of carbonyl (C=O) groups is 3. The van der Waals surface area contributed by atoms with Gasteiger partial charge in [0, 0.05) is 89.3 Å². The normalized spacial score (nSPS) is 25.2. The van der Waals surface area contributed by atoms with Crippen molar-refractivity contribution in [2.24, 2.45) is 0 Å². The average Bonchev–Trinajstić information content (AvgIpc) is 3.65. The van der Waals surface area contributed by atoms with Gasteiger partial charge in [-0.3, -0.25) is 9.69 Å². The molecule has 1 amide bonds. The monoisotopic (exact) mass is 701 g/mol. The molecule has 2 aromatic rings. The summed E-state index contributed by atoms with van der Waals surface area (Å²) in [6.45, 7) is 2.86. The number of aromatic nitrogens is 1. The summed E-state index contributed by atoms with van der Waals surface area (Å²) in [4.78, 5) is 52.5. The Morgan fingerprint density at radius 2 is 1.53 bits per heavy atom. The first-order chi connectivity index (χ1) is 22.7. The fourth-order valence-corrected chi connectivity index (χ4v) is 9.05. The van der Waals surface area contributed by atoms with Gasteiger partial charge in [-0.05, 0) is 51.3 Å². The van der Waals surface area contributed by atoms with E-state index in [0.29, 0.717) is 61.0 Å². The molecule has 3 fully saturated rings.